The lowest BCUT2D eigenvalue weighted by Crippen LogP contribution is -2.70. The molecule has 0 aromatic heterocycles. The fraction of sp³-hybridized carbons (Fsp3) is 0.750. The summed E-state index contributed by atoms with van der Waals surface area (Å²) >= 11 is 0. The second-order valence-electron chi connectivity index (χ2n) is 11.5. The van der Waals surface area contributed by atoms with Gasteiger partial charge in [-0.2, -0.15) is 0 Å². The van der Waals surface area contributed by atoms with Gasteiger partial charge in [0.15, 0.2) is 0 Å². The Balaban J connectivity index is 1.29. The Morgan fingerprint density at radius 3 is 2.42 bits per heavy atom. The fourth-order valence-electron chi connectivity index (χ4n) is 7.11. The number of rotatable bonds is 7. The fourth-order valence-corrected chi connectivity index (χ4v) is 7.11. The molecular weight excluding hydrogens is 499 g/mol. The van der Waals surface area contributed by atoms with Gasteiger partial charge in [-0.3, -0.25) is 5.32 Å². The predicted octanol–water partition coefficient (Wildman–Crippen LogP) is 5.81. The van der Waals surface area contributed by atoms with Crippen LogP contribution in [0, 0.1) is 23.7 Å². The minimum absolute atomic E-state index is 0.120. The number of piperidine rings is 1. The van der Waals surface area contributed by atoms with E-state index in [0.717, 1.165) is 71.1 Å². The van der Waals surface area contributed by atoms with Crippen molar-refractivity contribution in [2.75, 3.05) is 25.1 Å². The molecule has 2 saturated heterocycles. The van der Waals surface area contributed by atoms with Crippen LogP contribution in [-0.4, -0.2) is 50.0 Å². The number of anilines is 1. The molecule has 0 spiro atoms. The molecule has 2 aliphatic heterocycles. The molecule has 2 saturated carbocycles. The SMILES string of the molecule is C[C@H]1C(C2COC2)CCC[C@H]1OC1(C2CCCC2)NCCCC1NC(=O)Nc1ccc(OC(F)(F)F)cc1. The van der Waals surface area contributed by atoms with Crippen LogP contribution in [0.2, 0.25) is 0 Å². The molecule has 4 fully saturated rings. The Labute approximate surface area is 222 Å². The maximum atomic E-state index is 13.1. The van der Waals surface area contributed by atoms with E-state index < -0.39 is 18.1 Å². The first-order chi connectivity index (χ1) is 18.2. The van der Waals surface area contributed by atoms with E-state index in [1.165, 1.54) is 30.7 Å². The van der Waals surface area contributed by atoms with Crippen LogP contribution in [0.1, 0.15) is 64.7 Å². The quantitative estimate of drug-likeness (QED) is 0.407. The molecule has 2 heterocycles. The summed E-state index contributed by atoms with van der Waals surface area (Å²) in [6.45, 7) is 4.86. The van der Waals surface area contributed by atoms with Crippen molar-refractivity contribution in [3.05, 3.63) is 24.3 Å². The summed E-state index contributed by atoms with van der Waals surface area (Å²) in [7, 11) is 0. The number of carbonyl (C=O) groups is 1. The van der Waals surface area contributed by atoms with Gasteiger partial charge in [0.05, 0.1) is 25.4 Å². The molecule has 212 valence electrons. The topological polar surface area (TPSA) is 80.9 Å². The van der Waals surface area contributed by atoms with Crippen LogP contribution >= 0.6 is 0 Å². The molecule has 3 N–H and O–H groups in total. The Morgan fingerprint density at radius 1 is 1.03 bits per heavy atom. The van der Waals surface area contributed by atoms with Crippen molar-refractivity contribution in [2.45, 2.75) is 88.9 Å². The lowest BCUT2D eigenvalue weighted by Gasteiger charge is -2.53. The number of halogens is 3. The highest BCUT2D eigenvalue weighted by Crippen LogP contribution is 2.45. The third-order valence-electron chi connectivity index (χ3n) is 9.10. The average molecular weight is 540 g/mol. The van der Waals surface area contributed by atoms with Crippen molar-refractivity contribution in [1.82, 2.24) is 10.6 Å². The number of carbonyl (C=O) groups excluding carboxylic acids is 1. The molecule has 38 heavy (non-hydrogen) atoms. The molecule has 10 heteroatoms. The van der Waals surface area contributed by atoms with Crippen molar-refractivity contribution in [3.8, 4) is 5.75 Å². The van der Waals surface area contributed by atoms with E-state index in [-0.39, 0.29) is 17.9 Å². The zero-order valence-electron chi connectivity index (χ0n) is 22.0. The molecule has 2 aliphatic carbocycles. The maximum Gasteiger partial charge on any atom is 0.573 e. The van der Waals surface area contributed by atoms with Crippen molar-refractivity contribution in [2.24, 2.45) is 23.7 Å². The lowest BCUT2D eigenvalue weighted by atomic mass is 9.70. The van der Waals surface area contributed by atoms with Gasteiger partial charge in [0.2, 0.25) is 0 Å². The van der Waals surface area contributed by atoms with Crippen molar-refractivity contribution < 1.29 is 32.2 Å². The average Bonchev–Trinajstić information content (AvgIpc) is 3.38. The highest BCUT2D eigenvalue weighted by molar-refractivity contribution is 5.89. The van der Waals surface area contributed by atoms with Crippen molar-refractivity contribution in [1.29, 1.82) is 0 Å². The summed E-state index contributed by atoms with van der Waals surface area (Å²) in [4.78, 5) is 13.1. The number of benzene rings is 1. The van der Waals surface area contributed by atoms with E-state index in [1.54, 1.807) is 0 Å². The number of alkyl halides is 3. The first-order valence-corrected chi connectivity index (χ1v) is 14.2. The molecule has 2 amide bonds. The number of amides is 2. The number of nitrogens with one attached hydrogen (secondary N) is 3. The summed E-state index contributed by atoms with van der Waals surface area (Å²) in [6, 6.07) is 4.56. The summed E-state index contributed by atoms with van der Waals surface area (Å²) in [6.07, 6.45) is 4.91. The van der Waals surface area contributed by atoms with Gasteiger partial charge in [-0.1, -0.05) is 26.2 Å². The predicted molar refractivity (Wildman–Crippen MR) is 137 cm³/mol. The molecule has 7 nitrogen and oxygen atoms in total. The van der Waals surface area contributed by atoms with Crippen LogP contribution in [0.15, 0.2) is 24.3 Å². The second-order valence-corrected chi connectivity index (χ2v) is 11.5. The van der Waals surface area contributed by atoms with Gasteiger partial charge in [0.25, 0.3) is 0 Å². The zero-order valence-corrected chi connectivity index (χ0v) is 22.0. The normalized spacial score (nSPS) is 32.9. The number of hydrogen-bond acceptors (Lipinski definition) is 5. The smallest absolute Gasteiger partial charge is 0.406 e. The Bertz CT molecular complexity index is 936. The van der Waals surface area contributed by atoms with E-state index in [1.807, 2.05) is 0 Å². The second kappa shape index (κ2) is 11.6. The lowest BCUT2D eigenvalue weighted by molar-refractivity contribution is -0.274. The molecular formula is C28H40F3N3O4. The third-order valence-corrected chi connectivity index (χ3v) is 9.10. The molecule has 1 aromatic rings. The first-order valence-electron chi connectivity index (χ1n) is 14.2. The molecule has 0 radical (unpaired) electrons. The molecule has 3 unspecified atom stereocenters. The van der Waals surface area contributed by atoms with Gasteiger partial charge >= 0.3 is 12.4 Å². The molecule has 0 bridgehead atoms. The number of hydrogen-bond donors (Lipinski definition) is 3. The Kier molecular flexibility index (Phi) is 8.40. The van der Waals surface area contributed by atoms with E-state index in [4.69, 9.17) is 9.47 Å². The summed E-state index contributed by atoms with van der Waals surface area (Å²) < 4.78 is 54.0. The molecule has 4 aliphatic rings. The van der Waals surface area contributed by atoms with Crippen molar-refractivity contribution >= 4 is 11.7 Å². The summed E-state index contributed by atoms with van der Waals surface area (Å²) in [5, 5.41) is 9.70. The van der Waals surface area contributed by atoms with Gasteiger partial charge in [-0.25, -0.2) is 4.79 Å². The monoisotopic (exact) mass is 539 g/mol. The standard InChI is InChI=1S/C28H40F3N3O4/c1-18-23(19-16-36-17-19)8-4-9-24(18)38-27(20-6-2-3-7-20)25(10-5-15-32-27)34-26(35)33-21-11-13-22(14-12-21)37-28(29,30)31/h11-14,18-20,23-25,32H,2-10,15-17H2,1H3,(H2,33,34,35)/t18-,23?,24+,25?,27?/m0/s1. The number of ether oxygens (including phenoxy) is 3. The maximum absolute atomic E-state index is 13.1. The van der Waals surface area contributed by atoms with Gasteiger partial charge in [-0.05, 0) is 81.2 Å². The van der Waals surface area contributed by atoms with Gasteiger partial charge < -0.3 is 24.8 Å². The molecule has 5 atom stereocenters. The molecule has 5 rings (SSSR count). The highest BCUT2D eigenvalue weighted by Gasteiger charge is 2.52. The van der Waals surface area contributed by atoms with E-state index >= 15 is 0 Å². The van der Waals surface area contributed by atoms with Crippen LogP contribution in [0.5, 0.6) is 5.75 Å². The van der Waals surface area contributed by atoms with Crippen LogP contribution in [0.4, 0.5) is 23.7 Å². The summed E-state index contributed by atoms with van der Waals surface area (Å²) in [5.74, 6) is 1.62. The Hall–Kier alpha value is -2.04. The third kappa shape index (κ3) is 6.23. The first kappa shape index (κ1) is 27.5. The minimum Gasteiger partial charge on any atom is -0.406 e. The largest absolute Gasteiger partial charge is 0.573 e. The highest BCUT2D eigenvalue weighted by atomic mass is 19.4. The molecule has 1 aromatic carbocycles. The Morgan fingerprint density at radius 2 is 1.76 bits per heavy atom. The van der Waals surface area contributed by atoms with E-state index in [2.05, 4.69) is 27.6 Å². The number of urea groups is 1. The van der Waals surface area contributed by atoms with Crippen LogP contribution in [-0.2, 0) is 9.47 Å². The van der Waals surface area contributed by atoms with Crippen LogP contribution < -0.4 is 20.7 Å². The van der Waals surface area contributed by atoms with Crippen LogP contribution in [0.25, 0.3) is 0 Å². The van der Waals surface area contributed by atoms with E-state index in [0.29, 0.717) is 29.4 Å². The van der Waals surface area contributed by atoms with E-state index in [9.17, 15) is 18.0 Å². The van der Waals surface area contributed by atoms with Gasteiger partial charge in [0, 0.05) is 17.5 Å². The van der Waals surface area contributed by atoms with Gasteiger partial charge in [0.1, 0.15) is 11.5 Å². The van der Waals surface area contributed by atoms with Gasteiger partial charge in [-0.15, -0.1) is 13.2 Å². The summed E-state index contributed by atoms with van der Waals surface area (Å²) in [5.41, 5.74) is -0.243. The zero-order chi connectivity index (χ0) is 26.8. The van der Waals surface area contributed by atoms with Crippen LogP contribution in [0.3, 0.4) is 0 Å². The minimum atomic E-state index is -4.76. The van der Waals surface area contributed by atoms with Crippen molar-refractivity contribution in [3.63, 3.8) is 0 Å².